The van der Waals surface area contributed by atoms with E-state index in [1.54, 1.807) is 6.20 Å². The fraction of sp³-hybridized carbons (Fsp3) is 0.294. The fourth-order valence-electron chi connectivity index (χ4n) is 2.95. The van der Waals surface area contributed by atoms with E-state index in [1.165, 1.54) is 0 Å². The van der Waals surface area contributed by atoms with Gasteiger partial charge in [0.05, 0.1) is 31.7 Å². The van der Waals surface area contributed by atoms with Gasteiger partial charge in [0.15, 0.2) is 11.5 Å². The van der Waals surface area contributed by atoms with Crippen molar-refractivity contribution in [3.63, 3.8) is 0 Å². The molecule has 6 nitrogen and oxygen atoms in total. The van der Waals surface area contributed by atoms with Gasteiger partial charge in [-0.1, -0.05) is 18.2 Å². The number of imidazole rings is 1. The fourth-order valence-corrected chi connectivity index (χ4v) is 2.95. The number of anilines is 1. The van der Waals surface area contributed by atoms with Crippen molar-refractivity contribution >= 4 is 11.5 Å². The second kappa shape index (κ2) is 5.98. The van der Waals surface area contributed by atoms with Crippen LogP contribution >= 0.6 is 0 Å². The van der Waals surface area contributed by atoms with Gasteiger partial charge in [0.2, 0.25) is 0 Å². The molecule has 1 aromatic carbocycles. The van der Waals surface area contributed by atoms with Gasteiger partial charge in [0.25, 0.3) is 0 Å². The van der Waals surface area contributed by atoms with Gasteiger partial charge < -0.3 is 14.7 Å². The predicted molar refractivity (Wildman–Crippen MR) is 87.4 cm³/mol. The van der Waals surface area contributed by atoms with Crippen LogP contribution in [-0.2, 0) is 11.3 Å². The first-order valence-electron chi connectivity index (χ1n) is 7.72. The first-order valence-corrected chi connectivity index (χ1v) is 7.72. The highest BCUT2D eigenvalue weighted by atomic mass is 16.5. The van der Waals surface area contributed by atoms with Crippen LogP contribution in [0.2, 0.25) is 0 Å². The summed E-state index contributed by atoms with van der Waals surface area (Å²) < 4.78 is 7.46. The van der Waals surface area contributed by atoms with E-state index in [2.05, 4.69) is 14.9 Å². The van der Waals surface area contributed by atoms with Crippen LogP contribution in [0.15, 0.2) is 42.9 Å². The molecule has 0 bridgehead atoms. The number of aliphatic hydroxyl groups is 1. The van der Waals surface area contributed by atoms with E-state index in [0.717, 1.165) is 54.6 Å². The van der Waals surface area contributed by atoms with Gasteiger partial charge in [-0.25, -0.2) is 9.97 Å². The van der Waals surface area contributed by atoms with Gasteiger partial charge >= 0.3 is 0 Å². The van der Waals surface area contributed by atoms with Crippen LogP contribution in [0.25, 0.3) is 16.9 Å². The van der Waals surface area contributed by atoms with Gasteiger partial charge in [-0.3, -0.25) is 4.40 Å². The Bertz CT molecular complexity index is 824. The predicted octanol–water partition coefficient (Wildman–Crippen LogP) is 1.73. The van der Waals surface area contributed by atoms with E-state index in [9.17, 15) is 5.11 Å². The van der Waals surface area contributed by atoms with E-state index < -0.39 is 0 Å². The molecular formula is C17H18N4O2. The lowest BCUT2D eigenvalue weighted by Gasteiger charge is -2.27. The minimum absolute atomic E-state index is 0.0329. The third-order valence-corrected chi connectivity index (χ3v) is 4.13. The summed E-state index contributed by atoms with van der Waals surface area (Å²) in [5.74, 6) is 0.889. The number of aliphatic hydroxyl groups excluding tert-OH is 1. The summed E-state index contributed by atoms with van der Waals surface area (Å²) in [6.45, 7) is 3.12. The van der Waals surface area contributed by atoms with Crippen molar-refractivity contribution in [1.29, 1.82) is 0 Å². The Morgan fingerprint density at radius 2 is 2.04 bits per heavy atom. The standard InChI is InChI=1S/C17H18N4O2/c22-12-13-2-1-3-14(10-13)15-11-19-17-16(18-4-5-21(15)17)20-6-8-23-9-7-20/h1-5,10-11,22H,6-9,12H2. The molecule has 1 fully saturated rings. The maximum atomic E-state index is 9.34. The Kier molecular flexibility index (Phi) is 3.69. The Hall–Kier alpha value is -2.44. The second-order valence-electron chi connectivity index (χ2n) is 5.55. The number of hydrogen-bond donors (Lipinski definition) is 1. The Labute approximate surface area is 134 Å². The molecule has 23 heavy (non-hydrogen) atoms. The minimum atomic E-state index is 0.0329. The number of benzene rings is 1. The van der Waals surface area contributed by atoms with Gasteiger partial charge in [0.1, 0.15) is 0 Å². The molecule has 1 aliphatic rings. The van der Waals surface area contributed by atoms with Crippen molar-refractivity contribution in [3.05, 3.63) is 48.4 Å². The molecule has 6 heteroatoms. The molecule has 0 radical (unpaired) electrons. The summed E-state index contributed by atoms with van der Waals surface area (Å²) in [6, 6.07) is 7.87. The van der Waals surface area contributed by atoms with Crippen molar-refractivity contribution in [3.8, 4) is 11.3 Å². The summed E-state index contributed by atoms with van der Waals surface area (Å²) in [5, 5.41) is 9.34. The van der Waals surface area contributed by atoms with Gasteiger partial charge in [-0.2, -0.15) is 0 Å². The lowest BCUT2D eigenvalue weighted by molar-refractivity contribution is 0.122. The van der Waals surface area contributed by atoms with Crippen molar-refractivity contribution in [1.82, 2.24) is 14.4 Å². The number of hydrogen-bond acceptors (Lipinski definition) is 5. The molecule has 0 saturated carbocycles. The summed E-state index contributed by atoms with van der Waals surface area (Å²) in [7, 11) is 0. The smallest absolute Gasteiger partial charge is 0.180 e. The van der Waals surface area contributed by atoms with Crippen molar-refractivity contribution < 1.29 is 9.84 Å². The number of nitrogens with zero attached hydrogens (tertiary/aromatic N) is 4. The van der Waals surface area contributed by atoms with Crippen LogP contribution in [0.5, 0.6) is 0 Å². The number of morpholine rings is 1. The molecule has 2 aromatic heterocycles. The van der Waals surface area contributed by atoms with Crippen LogP contribution in [0, 0.1) is 0 Å². The largest absolute Gasteiger partial charge is 0.392 e. The SMILES string of the molecule is OCc1cccc(-c2cnc3c(N4CCOCC4)nccn23)c1. The number of ether oxygens (including phenoxy) is 1. The normalized spacial score (nSPS) is 15.3. The average Bonchev–Trinajstić information content (AvgIpc) is 3.06. The molecule has 0 spiro atoms. The van der Waals surface area contributed by atoms with Crippen LogP contribution in [-0.4, -0.2) is 45.8 Å². The lowest BCUT2D eigenvalue weighted by Crippen LogP contribution is -2.37. The minimum Gasteiger partial charge on any atom is -0.392 e. The molecule has 0 atom stereocenters. The molecule has 3 aromatic rings. The highest BCUT2D eigenvalue weighted by molar-refractivity contribution is 5.71. The highest BCUT2D eigenvalue weighted by Crippen LogP contribution is 2.26. The maximum Gasteiger partial charge on any atom is 0.180 e. The summed E-state index contributed by atoms with van der Waals surface area (Å²) >= 11 is 0. The first-order chi connectivity index (χ1) is 11.4. The van der Waals surface area contributed by atoms with E-state index in [-0.39, 0.29) is 6.61 Å². The molecule has 1 saturated heterocycles. The maximum absolute atomic E-state index is 9.34. The Morgan fingerprint density at radius 3 is 2.87 bits per heavy atom. The van der Waals surface area contributed by atoms with Gasteiger partial charge in [-0.15, -0.1) is 0 Å². The monoisotopic (exact) mass is 310 g/mol. The zero-order valence-corrected chi connectivity index (χ0v) is 12.7. The zero-order valence-electron chi connectivity index (χ0n) is 12.7. The van der Waals surface area contributed by atoms with Crippen molar-refractivity contribution in [2.75, 3.05) is 31.2 Å². The molecule has 0 amide bonds. The average molecular weight is 310 g/mol. The Morgan fingerprint density at radius 1 is 1.17 bits per heavy atom. The molecule has 118 valence electrons. The summed E-state index contributed by atoms with van der Waals surface area (Å²) in [4.78, 5) is 11.3. The molecule has 1 N–H and O–H groups in total. The summed E-state index contributed by atoms with van der Waals surface area (Å²) in [5.41, 5.74) is 3.76. The van der Waals surface area contributed by atoms with Crippen LogP contribution in [0.4, 0.5) is 5.82 Å². The molecule has 4 rings (SSSR count). The first kappa shape index (κ1) is 14.2. The molecule has 3 heterocycles. The third kappa shape index (κ3) is 2.56. The van der Waals surface area contributed by atoms with Crippen LogP contribution in [0.3, 0.4) is 0 Å². The molecular weight excluding hydrogens is 292 g/mol. The number of aromatic nitrogens is 3. The number of rotatable bonds is 3. The van der Waals surface area contributed by atoms with E-state index in [4.69, 9.17) is 4.74 Å². The van der Waals surface area contributed by atoms with E-state index >= 15 is 0 Å². The Balaban J connectivity index is 1.80. The van der Waals surface area contributed by atoms with E-state index in [0.29, 0.717) is 0 Å². The third-order valence-electron chi connectivity index (χ3n) is 4.13. The quantitative estimate of drug-likeness (QED) is 0.798. The molecule has 0 aliphatic carbocycles. The van der Waals surface area contributed by atoms with E-state index in [1.807, 2.05) is 41.1 Å². The molecule has 0 unspecified atom stereocenters. The van der Waals surface area contributed by atoms with Crippen molar-refractivity contribution in [2.24, 2.45) is 0 Å². The van der Waals surface area contributed by atoms with Crippen molar-refractivity contribution in [2.45, 2.75) is 6.61 Å². The topological polar surface area (TPSA) is 62.9 Å². The second-order valence-corrected chi connectivity index (χ2v) is 5.55. The van der Waals surface area contributed by atoms with Gasteiger partial charge in [0, 0.05) is 31.0 Å². The zero-order chi connectivity index (χ0) is 15.6. The molecule has 1 aliphatic heterocycles. The number of fused-ring (bicyclic) bond motifs is 1. The highest BCUT2D eigenvalue weighted by Gasteiger charge is 2.18. The lowest BCUT2D eigenvalue weighted by atomic mass is 10.1. The van der Waals surface area contributed by atoms with Crippen LogP contribution in [0.1, 0.15) is 5.56 Å². The van der Waals surface area contributed by atoms with Crippen LogP contribution < -0.4 is 4.90 Å². The summed E-state index contributed by atoms with van der Waals surface area (Å²) in [6.07, 6.45) is 5.59. The van der Waals surface area contributed by atoms with Gasteiger partial charge in [-0.05, 0) is 11.6 Å².